The van der Waals surface area contributed by atoms with Gasteiger partial charge in [-0.2, -0.15) is 9.59 Å². The third-order valence-electron chi connectivity index (χ3n) is 14.7. The second-order valence-electron chi connectivity index (χ2n) is 21.1. The van der Waals surface area contributed by atoms with Crippen molar-refractivity contribution in [1.29, 1.82) is 0 Å². The highest BCUT2D eigenvalue weighted by Crippen LogP contribution is 2.37. The summed E-state index contributed by atoms with van der Waals surface area (Å²) in [5.41, 5.74) is 8.82. The van der Waals surface area contributed by atoms with E-state index < -0.39 is 72.8 Å². The van der Waals surface area contributed by atoms with E-state index in [-0.39, 0.29) is 65.2 Å². The van der Waals surface area contributed by atoms with Gasteiger partial charge in [0.05, 0.1) is 35.1 Å². The summed E-state index contributed by atoms with van der Waals surface area (Å²) in [6.07, 6.45) is 3.99. The number of hydrogen-bond acceptors (Lipinski definition) is 20. The molecule has 90 heavy (non-hydrogen) atoms. The van der Waals surface area contributed by atoms with Gasteiger partial charge in [0.15, 0.2) is 35.5 Å². The molecule has 0 spiro atoms. The summed E-state index contributed by atoms with van der Waals surface area (Å²) in [6, 6.07) is 21.2. The predicted octanol–water partition coefficient (Wildman–Crippen LogP) is 7.69. The second-order valence-corrected chi connectivity index (χ2v) is 25.0. The van der Waals surface area contributed by atoms with Gasteiger partial charge in [-0.3, -0.25) is 24.6 Å². The van der Waals surface area contributed by atoms with E-state index >= 15 is 0 Å². The molecule has 1 saturated heterocycles. The lowest BCUT2D eigenvalue weighted by atomic mass is 10.0. The van der Waals surface area contributed by atoms with Crippen LogP contribution in [0.3, 0.4) is 0 Å². The normalized spacial score (nSPS) is 15.6. The zero-order valence-electron chi connectivity index (χ0n) is 49.4. The van der Waals surface area contributed by atoms with Crippen molar-refractivity contribution in [2.45, 2.75) is 69.0 Å². The zero-order valence-corrected chi connectivity index (χ0v) is 51.0. The first-order valence-corrected chi connectivity index (χ1v) is 30.8. The number of rotatable bonds is 14. The number of nitrogens with one attached hydrogen (secondary N) is 1. The average Bonchev–Trinajstić information content (AvgIpc) is 1.79. The SMILES string of the molecule is Cc1cc(S(C)(=O)=O)ncc1-c1ccc2[nH]c(-c3cncc(F)c3C)cc2c1.Cc1cc(S(C)(=O)=O)ncc1-c1ccc2c(c1)cc(-c1cncc(F)c1C)n2C(=O)N(C)CCN(C)C(=O)OCc1ccc(O[C@@H]2OC[C@@H](O)[C@H](O)[C@H]2O)c([N+](=O)[O-])c1.O=C=O. The van der Waals surface area contributed by atoms with E-state index in [2.05, 4.69) is 24.9 Å². The van der Waals surface area contributed by atoms with Crippen LogP contribution >= 0.6 is 0 Å². The minimum absolute atomic E-state index is 0.00719. The molecule has 0 aliphatic carbocycles. The maximum Gasteiger partial charge on any atom is 0.409 e. The van der Waals surface area contributed by atoms with E-state index in [0.29, 0.717) is 50.0 Å². The molecular formula is C61H59F2N9O16S2. The minimum Gasteiger partial charge on any atom is -0.455 e. The van der Waals surface area contributed by atoms with Crippen molar-refractivity contribution in [3.63, 3.8) is 0 Å². The summed E-state index contributed by atoms with van der Waals surface area (Å²) in [5, 5.41) is 43.1. The smallest absolute Gasteiger partial charge is 0.409 e. The molecule has 0 bridgehead atoms. The number of nitrogens with zero attached hydrogens (tertiary/aromatic N) is 8. The van der Waals surface area contributed by atoms with Gasteiger partial charge in [-0.25, -0.2) is 45.2 Å². The topological polar surface area (TPSA) is 347 Å². The first-order chi connectivity index (χ1) is 42.5. The zero-order chi connectivity index (χ0) is 65.7. The van der Waals surface area contributed by atoms with E-state index in [1.54, 1.807) is 57.4 Å². The number of aryl methyl sites for hydroxylation is 2. The van der Waals surface area contributed by atoms with Crippen LogP contribution in [0.2, 0.25) is 0 Å². The number of amides is 2. The Kier molecular flexibility index (Phi) is 20.1. The Hall–Kier alpha value is -9.74. The van der Waals surface area contributed by atoms with Crippen LogP contribution in [0.5, 0.6) is 5.75 Å². The molecule has 29 heteroatoms. The van der Waals surface area contributed by atoms with Gasteiger partial charge in [0.25, 0.3) is 0 Å². The summed E-state index contributed by atoms with van der Waals surface area (Å²) in [7, 11) is -3.90. The van der Waals surface area contributed by atoms with Crippen molar-refractivity contribution in [1.82, 2.24) is 39.3 Å². The van der Waals surface area contributed by atoms with Gasteiger partial charge >= 0.3 is 24.0 Å². The quantitative estimate of drug-likeness (QED) is 0.0598. The van der Waals surface area contributed by atoms with Crippen LogP contribution in [0.15, 0.2) is 126 Å². The molecule has 1 aliphatic rings. The standard InChI is InChI=1S/C39H41FN6O12S.C21H18FN3O2S.CO2/c1-21-12-34(59(5,54)55)42-17-26(21)24-7-8-29-25(14-24)15-30(27-16-41-18-28(40)22(27)2)45(29)38(50)43(3)10-11-44(4)39(51)57-19-23-6-9-33(31(13-23)46(52)53)58-37-36(49)35(48)32(47)20-56-37;1-12-6-21(28(3,26)27)24-10-16(12)14-4-5-19-15(7-14)8-20(25-19)17-9-23-11-18(22)13(17)2;2-1-3/h6-9,12-18,32,35-37,47-49H,10-11,19-20H2,1-5H3;4-11,25H,1-3H3;/t32-,35+,36-,37+;;/m1../s1. The minimum atomic E-state index is -3.53. The van der Waals surface area contributed by atoms with Crippen LogP contribution in [-0.2, 0) is 45.3 Å². The van der Waals surface area contributed by atoms with Crippen molar-refractivity contribution < 1.29 is 79.2 Å². The first-order valence-electron chi connectivity index (χ1n) is 27.1. The highest BCUT2D eigenvalue weighted by atomic mass is 32.2. The number of sulfone groups is 2. The number of aromatic nitrogens is 6. The fourth-order valence-electron chi connectivity index (χ4n) is 9.65. The Balaban J connectivity index is 0.000000279. The number of benzene rings is 3. The van der Waals surface area contributed by atoms with Crippen molar-refractivity contribution in [3.05, 3.63) is 166 Å². The number of carbonyl (C=O) groups is 2. The molecule has 4 N–H and O–H groups in total. The third kappa shape index (κ3) is 14.7. The van der Waals surface area contributed by atoms with Gasteiger partial charge in [-0.05, 0) is 121 Å². The van der Waals surface area contributed by atoms with Crippen LogP contribution in [0.25, 0.3) is 66.6 Å². The van der Waals surface area contributed by atoms with Crippen molar-refractivity contribution in [2.75, 3.05) is 46.3 Å². The van der Waals surface area contributed by atoms with Crippen LogP contribution in [0.1, 0.15) is 27.8 Å². The molecular weight excluding hydrogens is 1220 g/mol. The molecule has 10 rings (SSSR count). The molecule has 3 aromatic carbocycles. The summed E-state index contributed by atoms with van der Waals surface area (Å²) in [6.45, 7) is 6.22. The number of aliphatic hydroxyl groups is 3. The van der Waals surface area contributed by atoms with Crippen molar-refractivity contribution >= 4 is 65.4 Å². The number of likely N-dealkylation sites (N-methyl/N-ethyl adjacent to an activating group) is 2. The second kappa shape index (κ2) is 27.3. The molecule has 470 valence electrons. The van der Waals surface area contributed by atoms with Gasteiger partial charge in [0, 0.05) is 115 Å². The lowest BCUT2D eigenvalue weighted by Crippen LogP contribution is -2.54. The van der Waals surface area contributed by atoms with Gasteiger partial charge in [-0.1, -0.05) is 18.2 Å². The van der Waals surface area contributed by atoms with E-state index in [9.17, 15) is 60.6 Å². The molecule has 0 radical (unpaired) electrons. The van der Waals surface area contributed by atoms with Gasteiger partial charge < -0.3 is 44.3 Å². The highest BCUT2D eigenvalue weighted by molar-refractivity contribution is 7.90. The van der Waals surface area contributed by atoms with Crippen LogP contribution in [0, 0.1) is 49.4 Å². The fraction of sp³-hybridized carbons (Fsp3) is 0.262. The van der Waals surface area contributed by atoms with E-state index in [4.69, 9.17) is 23.8 Å². The largest absolute Gasteiger partial charge is 0.455 e. The van der Waals surface area contributed by atoms with Gasteiger partial charge in [0.1, 0.15) is 36.6 Å². The summed E-state index contributed by atoms with van der Waals surface area (Å²) in [5.74, 6) is -1.20. The Labute approximate surface area is 513 Å². The number of pyridine rings is 4. The molecule has 25 nitrogen and oxygen atoms in total. The van der Waals surface area contributed by atoms with E-state index in [1.807, 2.05) is 37.3 Å². The Bertz CT molecular complexity index is 4520. The monoisotopic (exact) mass is 1280 g/mol. The number of H-pyrrole nitrogens is 1. The lowest BCUT2D eigenvalue weighted by molar-refractivity contribution is -0.386. The van der Waals surface area contributed by atoms with E-state index in [0.717, 1.165) is 58.1 Å². The summed E-state index contributed by atoms with van der Waals surface area (Å²) < 4.78 is 93.5. The van der Waals surface area contributed by atoms with Gasteiger partial charge in [0.2, 0.25) is 6.29 Å². The predicted molar refractivity (Wildman–Crippen MR) is 321 cm³/mol. The van der Waals surface area contributed by atoms with E-state index in [1.165, 1.54) is 65.3 Å². The first kappa shape index (κ1) is 66.2. The Morgan fingerprint density at radius 1 is 0.733 bits per heavy atom. The maximum atomic E-state index is 14.8. The fourth-order valence-corrected chi connectivity index (χ4v) is 10.9. The molecule has 4 atom stereocenters. The molecule has 0 saturated carbocycles. The molecule has 7 heterocycles. The molecule has 2 amide bonds. The maximum absolute atomic E-state index is 14.8. The number of aromatic amines is 1. The van der Waals surface area contributed by atoms with Crippen molar-refractivity contribution in [3.8, 4) is 50.5 Å². The Morgan fingerprint density at radius 3 is 1.87 bits per heavy atom. The number of nitro groups is 1. The Morgan fingerprint density at radius 2 is 1.29 bits per heavy atom. The number of aliphatic hydroxyl groups excluding tert-OH is 3. The number of halogens is 2. The number of nitro benzene ring substituents is 1. The summed E-state index contributed by atoms with van der Waals surface area (Å²) in [4.78, 5) is 76.5. The molecule has 1 fully saturated rings. The highest BCUT2D eigenvalue weighted by Gasteiger charge is 2.40. The van der Waals surface area contributed by atoms with Crippen molar-refractivity contribution in [2.24, 2.45) is 0 Å². The number of ether oxygens (including phenoxy) is 3. The number of fused-ring (bicyclic) bond motifs is 2. The van der Waals surface area contributed by atoms with Crippen LogP contribution < -0.4 is 4.74 Å². The molecule has 9 aromatic rings. The van der Waals surface area contributed by atoms with Gasteiger partial charge in [-0.15, -0.1) is 0 Å². The number of carbonyl (C=O) groups excluding carboxylic acids is 4. The lowest BCUT2D eigenvalue weighted by Gasteiger charge is -2.34. The molecule has 1 aliphatic heterocycles. The molecule has 6 aromatic heterocycles. The average molecular weight is 1280 g/mol. The molecule has 0 unspecified atom stereocenters. The van der Waals surface area contributed by atoms with Crippen LogP contribution in [0.4, 0.5) is 24.1 Å². The summed E-state index contributed by atoms with van der Waals surface area (Å²) >= 11 is 0. The van der Waals surface area contributed by atoms with Crippen LogP contribution in [-0.4, -0.2) is 166 Å². The third-order valence-corrected chi connectivity index (χ3v) is 16.7. The number of hydrogen-bond donors (Lipinski definition) is 4.